The lowest BCUT2D eigenvalue weighted by molar-refractivity contribution is 0.570. The summed E-state index contributed by atoms with van der Waals surface area (Å²) in [6.07, 6.45) is 2.97. The maximum Gasteiger partial charge on any atom is 0.266 e. The second kappa shape index (κ2) is 6.98. The number of aromatic nitrogens is 1. The Morgan fingerprint density at radius 2 is 1.86 bits per heavy atom. The number of hydrogen-bond donors (Lipinski definition) is 2. The summed E-state index contributed by atoms with van der Waals surface area (Å²) < 4.78 is 54.9. The number of anilines is 2. The van der Waals surface area contributed by atoms with E-state index in [0.717, 1.165) is 41.9 Å². The fraction of sp³-hybridized carbons (Fsp3) is 0.167. The Morgan fingerprint density at radius 1 is 1.14 bits per heavy atom. The Kier molecular flexibility index (Phi) is 4.76. The van der Waals surface area contributed by atoms with Crippen LogP contribution >= 0.6 is 22.9 Å². The average Bonchev–Trinajstić information content (AvgIpc) is 3.24. The molecule has 0 saturated heterocycles. The summed E-state index contributed by atoms with van der Waals surface area (Å²) in [6.45, 7) is 0. The topological polar surface area (TPSA) is 71.1 Å². The number of nitrogens with zero attached hydrogens (tertiary/aromatic N) is 1. The van der Waals surface area contributed by atoms with Crippen molar-refractivity contribution in [3.05, 3.63) is 70.2 Å². The van der Waals surface area contributed by atoms with Crippen LogP contribution in [0.25, 0.3) is 0 Å². The summed E-state index contributed by atoms with van der Waals surface area (Å²) in [5, 5.41) is 4.97. The second-order valence-electron chi connectivity index (χ2n) is 6.42. The van der Waals surface area contributed by atoms with Gasteiger partial charge in [-0.15, -0.1) is 11.3 Å². The van der Waals surface area contributed by atoms with Crippen LogP contribution in [0.1, 0.15) is 18.4 Å². The smallest absolute Gasteiger partial charge is 0.266 e. The highest BCUT2D eigenvalue weighted by atomic mass is 35.5. The molecule has 1 aliphatic carbocycles. The van der Waals surface area contributed by atoms with E-state index in [1.165, 1.54) is 18.3 Å². The third-order valence-electron chi connectivity index (χ3n) is 4.49. The molecule has 1 fully saturated rings. The standard InChI is InChI=1S/C18H14ClF2N3O2S2/c19-13-9-16(28(25,26)24-17-22-7-8-27-17)14(21)10-15(13)23-18(5-6-18)11-1-3-12(20)4-2-11/h1-4,7-10,23H,5-6H2,(H,22,24). The first-order valence-corrected chi connectivity index (χ1v) is 11.0. The van der Waals surface area contributed by atoms with Gasteiger partial charge in [-0.3, -0.25) is 4.72 Å². The molecule has 0 spiro atoms. The van der Waals surface area contributed by atoms with Crippen LogP contribution in [0.4, 0.5) is 19.6 Å². The third-order valence-corrected chi connectivity index (χ3v) is 6.97. The number of halogens is 3. The van der Waals surface area contributed by atoms with Gasteiger partial charge in [-0.2, -0.15) is 0 Å². The second-order valence-corrected chi connectivity index (χ2v) is 9.37. The zero-order chi connectivity index (χ0) is 19.9. The molecule has 1 saturated carbocycles. The van der Waals surface area contributed by atoms with E-state index < -0.39 is 26.3 Å². The molecular weight excluding hydrogens is 428 g/mol. The van der Waals surface area contributed by atoms with E-state index in [0.29, 0.717) is 0 Å². The fourth-order valence-corrected chi connectivity index (χ4v) is 5.06. The van der Waals surface area contributed by atoms with Crippen molar-refractivity contribution in [2.75, 3.05) is 10.0 Å². The van der Waals surface area contributed by atoms with Crippen molar-refractivity contribution in [1.82, 2.24) is 4.98 Å². The van der Waals surface area contributed by atoms with Crippen LogP contribution in [-0.2, 0) is 15.6 Å². The fourth-order valence-electron chi connectivity index (χ4n) is 2.91. The van der Waals surface area contributed by atoms with Crippen LogP contribution in [0.5, 0.6) is 0 Å². The van der Waals surface area contributed by atoms with Gasteiger partial charge in [-0.25, -0.2) is 22.2 Å². The van der Waals surface area contributed by atoms with E-state index in [4.69, 9.17) is 11.6 Å². The quantitative estimate of drug-likeness (QED) is 0.566. The van der Waals surface area contributed by atoms with Gasteiger partial charge in [0, 0.05) is 11.6 Å². The molecule has 0 aliphatic heterocycles. The van der Waals surface area contributed by atoms with Gasteiger partial charge in [-0.05, 0) is 42.7 Å². The Bertz CT molecular complexity index is 1120. The number of benzene rings is 2. The molecule has 0 atom stereocenters. The Balaban J connectivity index is 1.62. The molecule has 0 amide bonds. The maximum atomic E-state index is 14.6. The van der Waals surface area contributed by atoms with E-state index in [-0.39, 0.29) is 21.7 Å². The SMILES string of the molecule is O=S(=O)(Nc1nccs1)c1cc(Cl)c(NC2(c3ccc(F)cc3)CC2)cc1F. The number of nitrogens with one attached hydrogen (secondary N) is 2. The first kappa shape index (κ1) is 19.1. The minimum atomic E-state index is -4.17. The van der Waals surface area contributed by atoms with Crippen molar-refractivity contribution in [2.24, 2.45) is 0 Å². The number of rotatable bonds is 6. The normalized spacial score (nSPS) is 15.2. The minimum Gasteiger partial charge on any atom is -0.374 e. The summed E-state index contributed by atoms with van der Waals surface area (Å²) in [6, 6.07) is 8.17. The van der Waals surface area contributed by atoms with Gasteiger partial charge in [0.15, 0.2) is 5.13 Å². The molecule has 1 heterocycles. The van der Waals surface area contributed by atoms with Gasteiger partial charge in [0.2, 0.25) is 0 Å². The highest BCUT2D eigenvalue weighted by Gasteiger charge is 2.44. The largest absolute Gasteiger partial charge is 0.374 e. The Morgan fingerprint density at radius 3 is 2.46 bits per heavy atom. The predicted octanol–water partition coefficient (Wildman–Crippen LogP) is 4.98. The zero-order valence-corrected chi connectivity index (χ0v) is 16.6. The highest BCUT2D eigenvalue weighted by Crippen LogP contribution is 2.49. The van der Waals surface area contributed by atoms with E-state index in [1.54, 1.807) is 17.5 Å². The van der Waals surface area contributed by atoms with Gasteiger partial charge >= 0.3 is 0 Å². The minimum absolute atomic E-state index is 0.0642. The lowest BCUT2D eigenvalue weighted by Gasteiger charge is -2.21. The van der Waals surface area contributed by atoms with Crippen molar-refractivity contribution in [3.8, 4) is 0 Å². The maximum absolute atomic E-state index is 14.6. The molecule has 0 bridgehead atoms. The first-order chi connectivity index (χ1) is 13.3. The number of sulfonamides is 1. The molecular formula is C18H14ClF2N3O2S2. The molecule has 2 N–H and O–H groups in total. The van der Waals surface area contributed by atoms with E-state index in [9.17, 15) is 17.2 Å². The lowest BCUT2D eigenvalue weighted by atomic mass is 10.0. The summed E-state index contributed by atoms with van der Waals surface area (Å²) >= 11 is 7.32. The Hall–Kier alpha value is -2.23. The summed E-state index contributed by atoms with van der Waals surface area (Å²) in [5.41, 5.74) is 0.658. The van der Waals surface area contributed by atoms with Crippen LogP contribution in [0.15, 0.2) is 52.9 Å². The molecule has 4 rings (SSSR count). The van der Waals surface area contributed by atoms with Crippen molar-refractivity contribution >= 4 is 43.8 Å². The molecule has 5 nitrogen and oxygen atoms in total. The third kappa shape index (κ3) is 3.69. The molecule has 3 aromatic rings. The van der Waals surface area contributed by atoms with Crippen molar-refractivity contribution < 1.29 is 17.2 Å². The monoisotopic (exact) mass is 441 g/mol. The molecule has 1 aromatic heterocycles. The van der Waals surface area contributed by atoms with Gasteiger partial charge in [0.05, 0.1) is 16.2 Å². The first-order valence-electron chi connectivity index (χ1n) is 8.25. The highest BCUT2D eigenvalue weighted by molar-refractivity contribution is 7.93. The van der Waals surface area contributed by atoms with E-state index >= 15 is 0 Å². The van der Waals surface area contributed by atoms with E-state index in [1.807, 2.05) is 0 Å². The van der Waals surface area contributed by atoms with Crippen LogP contribution in [0.2, 0.25) is 5.02 Å². The molecule has 10 heteroatoms. The van der Waals surface area contributed by atoms with Crippen molar-refractivity contribution in [3.63, 3.8) is 0 Å². The molecule has 2 aromatic carbocycles. The van der Waals surface area contributed by atoms with Crippen molar-refractivity contribution in [1.29, 1.82) is 0 Å². The van der Waals surface area contributed by atoms with Gasteiger partial charge in [0.25, 0.3) is 10.0 Å². The predicted molar refractivity (Wildman–Crippen MR) is 105 cm³/mol. The summed E-state index contributed by atoms with van der Waals surface area (Å²) in [7, 11) is -4.17. The van der Waals surface area contributed by atoms with Crippen LogP contribution in [-0.4, -0.2) is 13.4 Å². The molecule has 146 valence electrons. The van der Waals surface area contributed by atoms with Gasteiger partial charge in [0.1, 0.15) is 16.5 Å². The summed E-state index contributed by atoms with van der Waals surface area (Å²) in [5.74, 6) is -1.28. The molecule has 1 aliphatic rings. The molecule has 0 radical (unpaired) electrons. The average molecular weight is 442 g/mol. The van der Waals surface area contributed by atoms with Gasteiger partial charge < -0.3 is 5.32 Å². The van der Waals surface area contributed by atoms with Crippen LogP contribution in [0.3, 0.4) is 0 Å². The lowest BCUT2D eigenvalue weighted by Crippen LogP contribution is -2.20. The summed E-state index contributed by atoms with van der Waals surface area (Å²) in [4.78, 5) is 3.26. The molecule has 0 unspecified atom stereocenters. The van der Waals surface area contributed by atoms with E-state index in [2.05, 4.69) is 15.0 Å². The number of thiazole rings is 1. The zero-order valence-electron chi connectivity index (χ0n) is 14.2. The van der Waals surface area contributed by atoms with Crippen LogP contribution < -0.4 is 10.0 Å². The van der Waals surface area contributed by atoms with Crippen molar-refractivity contribution in [2.45, 2.75) is 23.3 Å². The number of hydrogen-bond acceptors (Lipinski definition) is 5. The van der Waals surface area contributed by atoms with Gasteiger partial charge in [-0.1, -0.05) is 23.7 Å². The Labute approximate surface area is 169 Å². The molecule has 28 heavy (non-hydrogen) atoms. The van der Waals surface area contributed by atoms with Crippen LogP contribution in [0, 0.1) is 11.6 Å².